The highest BCUT2D eigenvalue weighted by molar-refractivity contribution is 7.70. The first-order valence-electron chi connectivity index (χ1n) is 11.0. The smallest absolute Gasteiger partial charge is 0.421 e. The van der Waals surface area contributed by atoms with E-state index in [4.69, 9.17) is 30.1 Å². The summed E-state index contributed by atoms with van der Waals surface area (Å²) in [6.07, 6.45) is -2.50. The number of aliphatic hydroxyl groups is 1. The number of rotatable bonds is 10. The summed E-state index contributed by atoms with van der Waals surface area (Å²) in [7, 11) is -4.13. The van der Waals surface area contributed by atoms with Crippen molar-refractivity contribution in [1.82, 2.24) is 9.55 Å². The monoisotopic (exact) mass is 543 g/mol. The fourth-order valence-corrected chi connectivity index (χ4v) is 4.95. The highest BCUT2D eigenvalue weighted by Crippen LogP contribution is 2.48. The average Bonchev–Trinajstić information content (AvgIpc) is 3.05. The van der Waals surface area contributed by atoms with E-state index < -0.39 is 60.8 Å². The predicted molar refractivity (Wildman–Crippen MR) is 131 cm³/mol. The van der Waals surface area contributed by atoms with Crippen LogP contribution in [-0.4, -0.2) is 62.9 Å². The summed E-state index contributed by atoms with van der Waals surface area (Å²) in [5.41, 5.74) is -1.40. The highest BCUT2D eigenvalue weighted by Gasteiger charge is 2.54. The number of carbonyl (C=O) groups excluding carboxylic acids is 1. The number of benzene rings is 1. The molecule has 0 radical (unpaired) electrons. The van der Waals surface area contributed by atoms with Crippen LogP contribution in [0.3, 0.4) is 0 Å². The van der Waals surface area contributed by atoms with Crippen LogP contribution in [-0.2, 0) is 23.4 Å². The van der Waals surface area contributed by atoms with Crippen molar-refractivity contribution in [3.8, 4) is 5.75 Å². The molecular weight excluding hydrogens is 517 g/mol. The van der Waals surface area contributed by atoms with Crippen molar-refractivity contribution in [3.05, 3.63) is 63.4 Å². The maximum absolute atomic E-state index is 13.5. The highest BCUT2D eigenvalue weighted by atomic mass is 35.5. The van der Waals surface area contributed by atoms with Crippen LogP contribution >= 0.6 is 19.2 Å². The minimum atomic E-state index is -4.13. The van der Waals surface area contributed by atoms with Gasteiger partial charge in [0.15, 0.2) is 6.23 Å². The first-order valence-corrected chi connectivity index (χ1v) is 13.0. The summed E-state index contributed by atoms with van der Waals surface area (Å²) in [6, 6.07) is 8.29. The number of alkyl halides is 1. The van der Waals surface area contributed by atoms with E-state index in [1.807, 2.05) is 0 Å². The van der Waals surface area contributed by atoms with E-state index >= 15 is 0 Å². The molecule has 1 saturated heterocycles. The summed E-state index contributed by atoms with van der Waals surface area (Å²) in [6.45, 7) is 4.23. The molecule has 1 fully saturated rings. The molecule has 196 valence electrons. The summed E-state index contributed by atoms with van der Waals surface area (Å²) in [5, 5.41) is 10.8. The van der Waals surface area contributed by atoms with E-state index in [1.54, 1.807) is 37.3 Å². The number of hydrogen-bond donors (Lipinski definition) is 2. The molecule has 2 aromatic rings. The normalized spacial score (nSPS) is 26.4. The summed E-state index contributed by atoms with van der Waals surface area (Å²) in [4.78, 5) is 40.1. The molecule has 1 aromatic heterocycles. The fourth-order valence-electron chi connectivity index (χ4n) is 3.36. The van der Waals surface area contributed by atoms with E-state index in [1.165, 1.54) is 20.0 Å². The first kappa shape index (κ1) is 27.8. The van der Waals surface area contributed by atoms with Crippen LogP contribution in [0.4, 0.5) is 0 Å². The van der Waals surface area contributed by atoms with E-state index in [2.05, 4.69) is 9.98 Å². The fraction of sp³-hybridized carbons (Fsp3) is 0.455. The van der Waals surface area contributed by atoms with Gasteiger partial charge in [0.25, 0.3) is 5.56 Å². The van der Waals surface area contributed by atoms with Crippen molar-refractivity contribution in [1.29, 1.82) is 0 Å². The minimum absolute atomic E-state index is 0.154. The van der Waals surface area contributed by atoms with Gasteiger partial charge >= 0.3 is 19.3 Å². The van der Waals surface area contributed by atoms with Gasteiger partial charge in [-0.25, -0.2) is 14.2 Å². The molecule has 0 saturated carbocycles. The largest absolute Gasteiger partial charge is 0.464 e. The van der Waals surface area contributed by atoms with Gasteiger partial charge in [-0.05, 0) is 32.9 Å². The Morgan fingerprint density at radius 2 is 2.06 bits per heavy atom. The number of esters is 1. The molecule has 1 aliphatic rings. The zero-order chi connectivity index (χ0) is 26.5. The topological polar surface area (TPSA) is 159 Å². The number of nitrogens with zero attached hydrogens (tertiary/aromatic N) is 2. The van der Waals surface area contributed by atoms with Crippen LogP contribution in [0.25, 0.3) is 0 Å². The van der Waals surface area contributed by atoms with Crippen molar-refractivity contribution < 1.29 is 33.0 Å². The van der Waals surface area contributed by atoms with E-state index in [0.29, 0.717) is 0 Å². The second kappa shape index (κ2) is 11.5. The average molecular weight is 544 g/mol. The number of aromatic amines is 1. The Bertz CT molecular complexity index is 1250. The van der Waals surface area contributed by atoms with Gasteiger partial charge in [-0.3, -0.25) is 23.9 Å². The third-order valence-corrected chi connectivity index (χ3v) is 7.08. The summed E-state index contributed by atoms with van der Waals surface area (Å²) >= 11 is 6.51. The van der Waals surface area contributed by atoms with Crippen LogP contribution < -0.4 is 15.8 Å². The minimum Gasteiger partial charge on any atom is -0.464 e. The van der Waals surface area contributed by atoms with Gasteiger partial charge in [0.2, 0.25) is 0 Å². The molecule has 2 heterocycles. The van der Waals surface area contributed by atoms with Gasteiger partial charge in [-0.1, -0.05) is 18.2 Å². The number of aromatic nitrogens is 2. The lowest BCUT2D eigenvalue weighted by molar-refractivity contribution is -0.144. The van der Waals surface area contributed by atoms with E-state index in [-0.39, 0.29) is 12.4 Å². The molecule has 12 nitrogen and oxygen atoms in total. The molecule has 0 amide bonds. The van der Waals surface area contributed by atoms with Gasteiger partial charge in [-0.15, -0.1) is 11.6 Å². The molecule has 6 atom stereocenters. The van der Waals surface area contributed by atoms with Crippen molar-refractivity contribution in [3.63, 3.8) is 0 Å². The number of carbonyl (C=O) groups is 1. The number of halogens is 1. The molecule has 1 aliphatic heterocycles. The zero-order valence-electron chi connectivity index (χ0n) is 19.8. The molecule has 0 spiro atoms. The second-order valence-electron chi connectivity index (χ2n) is 8.07. The Kier molecular flexibility index (Phi) is 8.91. The molecule has 1 aromatic carbocycles. The van der Waals surface area contributed by atoms with Crippen LogP contribution in [0.2, 0.25) is 0 Å². The third-order valence-electron chi connectivity index (χ3n) is 5.27. The molecule has 36 heavy (non-hydrogen) atoms. The van der Waals surface area contributed by atoms with Crippen molar-refractivity contribution in [2.24, 2.45) is 4.99 Å². The third kappa shape index (κ3) is 6.51. The van der Waals surface area contributed by atoms with E-state index in [0.717, 1.165) is 16.6 Å². The van der Waals surface area contributed by atoms with Crippen LogP contribution in [0, 0.1) is 0 Å². The lowest BCUT2D eigenvalue weighted by Gasteiger charge is -2.26. The number of aliphatic imine (C=N–C) groups is 1. The second-order valence-corrected chi connectivity index (χ2v) is 10.6. The molecule has 2 N–H and O–H groups in total. The van der Waals surface area contributed by atoms with Crippen molar-refractivity contribution in [2.45, 2.75) is 50.1 Å². The molecule has 3 rings (SSSR count). The van der Waals surface area contributed by atoms with Gasteiger partial charge in [0, 0.05) is 12.3 Å². The number of H-pyrrole nitrogens is 1. The van der Waals surface area contributed by atoms with Crippen molar-refractivity contribution in [2.75, 3.05) is 13.2 Å². The molecule has 14 heteroatoms. The first-order chi connectivity index (χ1) is 17.0. The maximum Gasteiger partial charge on any atom is 0.421 e. The zero-order valence-corrected chi connectivity index (χ0v) is 21.4. The Morgan fingerprint density at radius 3 is 2.69 bits per heavy atom. The number of para-hydroxylation sites is 1. The van der Waals surface area contributed by atoms with Crippen LogP contribution in [0.1, 0.15) is 27.0 Å². The van der Waals surface area contributed by atoms with Crippen LogP contribution in [0.15, 0.2) is 57.2 Å². The van der Waals surface area contributed by atoms with Gasteiger partial charge in [0.05, 0.1) is 13.2 Å². The molecule has 1 unspecified atom stereocenters. The van der Waals surface area contributed by atoms with Crippen molar-refractivity contribution >= 4 is 31.1 Å². The number of nitrogens with one attached hydrogen (secondary N) is 1. The van der Waals surface area contributed by atoms with Gasteiger partial charge in [-0.2, -0.15) is 0 Å². The van der Waals surface area contributed by atoms with Crippen LogP contribution in [0.5, 0.6) is 5.75 Å². The molecular formula is C22H27ClN3O9P. The van der Waals surface area contributed by atoms with Gasteiger partial charge < -0.3 is 19.1 Å². The maximum atomic E-state index is 13.5. The Balaban J connectivity index is 1.81. The SMILES string of the molecule is CCOC(=O)[C@H](C)/N=C/P(=O)(OC[C@H]1O[C@@H](n2ccc(=O)[nH]c2=O)[C@](C)(Cl)[C@@H]1O)Oc1ccccc1. The van der Waals surface area contributed by atoms with E-state index in [9.17, 15) is 24.1 Å². The van der Waals surface area contributed by atoms with Gasteiger partial charge in [0.1, 0.15) is 34.8 Å². The Labute approximate surface area is 211 Å². The molecule has 0 bridgehead atoms. The standard InChI is InChI=1S/C22H27ClN3O9P/c1-4-32-19(29)14(2)24-13-36(31,35-15-8-6-5-7-9-15)33-12-16-18(28)22(3,23)20(34-16)26-11-10-17(27)25-21(26)30/h5-11,13-14,16,18,20,28H,4,12H2,1-3H3,(H,25,27,30)/b24-13+/t14-,16+,18+,20+,22+,36?/m0/s1. The summed E-state index contributed by atoms with van der Waals surface area (Å²) in [5.74, 6) is 0.484. The Morgan fingerprint density at radius 1 is 1.36 bits per heavy atom. The summed E-state index contributed by atoms with van der Waals surface area (Å²) < 4.78 is 36.3. The Hall–Kier alpha value is -2.76. The quantitative estimate of drug-likeness (QED) is 0.198. The number of hydrogen-bond acceptors (Lipinski definition) is 10. The number of ether oxygens (including phenoxy) is 2. The molecule has 0 aliphatic carbocycles. The predicted octanol–water partition coefficient (Wildman–Crippen LogP) is 2.06. The lowest BCUT2D eigenvalue weighted by atomic mass is 10.0. The lowest BCUT2D eigenvalue weighted by Crippen LogP contribution is -2.42. The number of aliphatic hydroxyl groups excluding tert-OH is 1.